The number of nitrogens with one attached hydrogen (secondary N) is 1. The van der Waals surface area contributed by atoms with Gasteiger partial charge in [0.05, 0.1) is 19.3 Å². The van der Waals surface area contributed by atoms with Gasteiger partial charge in [-0.05, 0) is 39.4 Å². The summed E-state index contributed by atoms with van der Waals surface area (Å²) in [6, 6.07) is 2.74. The van der Waals surface area contributed by atoms with Crippen molar-refractivity contribution in [3.63, 3.8) is 0 Å². The van der Waals surface area contributed by atoms with E-state index in [2.05, 4.69) is 23.3 Å². The van der Waals surface area contributed by atoms with E-state index in [0.29, 0.717) is 19.1 Å². The summed E-state index contributed by atoms with van der Waals surface area (Å²) < 4.78 is 5.25. The van der Waals surface area contributed by atoms with Crippen molar-refractivity contribution in [3.8, 4) is 6.07 Å². The minimum Gasteiger partial charge on any atom is -0.378 e. The Hall–Kier alpha value is -0.630. The van der Waals surface area contributed by atoms with E-state index in [4.69, 9.17) is 4.74 Å². The molecule has 2 fully saturated rings. The van der Waals surface area contributed by atoms with Crippen LogP contribution in [0.2, 0.25) is 0 Å². The van der Waals surface area contributed by atoms with Gasteiger partial charge in [0.1, 0.15) is 5.41 Å². The molecule has 0 radical (unpaired) electrons. The zero-order chi connectivity index (χ0) is 11.6. The monoisotopic (exact) mass is 223 g/mol. The summed E-state index contributed by atoms with van der Waals surface area (Å²) in [6.45, 7) is 3.46. The zero-order valence-corrected chi connectivity index (χ0v) is 10.2. The van der Waals surface area contributed by atoms with Gasteiger partial charge < -0.3 is 15.0 Å². The lowest BCUT2D eigenvalue weighted by Gasteiger charge is -2.47. The highest BCUT2D eigenvalue weighted by atomic mass is 16.5. The number of ether oxygens (including phenoxy) is 1. The first kappa shape index (κ1) is 11.8. The van der Waals surface area contributed by atoms with Gasteiger partial charge in [-0.1, -0.05) is 0 Å². The fraction of sp³-hybridized carbons (Fsp3) is 0.917. The van der Waals surface area contributed by atoms with Crippen molar-refractivity contribution < 1.29 is 4.74 Å². The molecule has 1 N–H and O–H groups in total. The Labute approximate surface area is 97.6 Å². The summed E-state index contributed by atoms with van der Waals surface area (Å²) in [5.74, 6) is 0.576. The Kier molecular flexibility index (Phi) is 3.48. The van der Waals surface area contributed by atoms with Crippen molar-refractivity contribution in [2.75, 3.05) is 40.4 Å². The van der Waals surface area contributed by atoms with Gasteiger partial charge in [-0.15, -0.1) is 0 Å². The van der Waals surface area contributed by atoms with Crippen LogP contribution in [0, 0.1) is 22.7 Å². The minimum absolute atomic E-state index is 0.272. The van der Waals surface area contributed by atoms with Crippen LogP contribution < -0.4 is 5.32 Å². The van der Waals surface area contributed by atoms with Crippen LogP contribution in [0.5, 0.6) is 0 Å². The van der Waals surface area contributed by atoms with Crippen LogP contribution in [0.3, 0.4) is 0 Å². The summed E-state index contributed by atoms with van der Waals surface area (Å²) in [5.41, 5.74) is -0.280. The highest BCUT2D eigenvalue weighted by molar-refractivity contribution is 5.12. The standard InChI is InChI=1S/C12H21N3O/c1-14-11(12(7-13)8-16-9-12)10-4-3-5-15(2)6-10/h10-11,14H,3-6,8-9H2,1-2H3. The fourth-order valence-corrected chi connectivity index (χ4v) is 3.08. The largest absolute Gasteiger partial charge is 0.378 e. The molecule has 0 amide bonds. The Bertz CT molecular complexity index is 282. The summed E-state index contributed by atoms with van der Waals surface area (Å²) in [7, 11) is 4.13. The Balaban J connectivity index is 2.07. The number of nitrogens with zero attached hydrogens (tertiary/aromatic N) is 2. The van der Waals surface area contributed by atoms with Crippen molar-refractivity contribution in [1.82, 2.24) is 10.2 Å². The molecule has 0 aromatic carbocycles. The first-order chi connectivity index (χ1) is 7.72. The molecule has 4 nitrogen and oxygen atoms in total. The molecular weight excluding hydrogens is 202 g/mol. The van der Waals surface area contributed by atoms with Crippen LogP contribution in [0.4, 0.5) is 0 Å². The maximum absolute atomic E-state index is 9.35. The van der Waals surface area contributed by atoms with Gasteiger partial charge >= 0.3 is 0 Å². The maximum Gasteiger partial charge on any atom is 0.119 e. The maximum atomic E-state index is 9.35. The highest BCUT2D eigenvalue weighted by Gasteiger charge is 2.49. The van der Waals surface area contributed by atoms with Crippen LogP contribution >= 0.6 is 0 Å². The highest BCUT2D eigenvalue weighted by Crippen LogP contribution is 2.36. The summed E-state index contributed by atoms with van der Waals surface area (Å²) in [4.78, 5) is 2.36. The second-order valence-corrected chi connectivity index (χ2v) is 5.19. The van der Waals surface area contributed by atoms with Gasteiger partial charge in [0.2, 0.25) is 0 Å². The number of nitriles is 1. The first-order valence-electron chi connectivity index (χ1n) is 6.06. The van der Waals surface area contributed by atoms with E-state index in [1.807, 2.05) is 7.05 Å². The number of rotatable bonds is 3. The molecular formula is C12H21N3O. The van der Waals surface area contributed by atoms with E-state index in [0.717, 1.165) is 6.54 Å². The lowest BCUT2D eigenvalue weighted by Crippen LogP contribution is -2.60. The lowest BCUT2D eigenvalue weighted by molar-refractivity contribution is -0.109. The molecule has 0 aromatic heterocycles. The molecule has 2 rings (SSSR count). The molecule has 0 saturated carbocycles. The fourth-order valence-electron chi connectivity index (χ4n) is 3.08. The Morgan fingerprint density at radius 2 is 2.31 bits per heavy atom. The number of likely N-dealkylation sites (tertiary alicyclic amines) is 1. The van der Waals surface area contributed by atoms with Gasteiger partial charge in [-0.3, -0.25) is 0 Å². The predicted octanol–water partition coefficient (Wildman–Crippen LogP) is 0.456. The van der Waals surface area contributed by atoms with Crippen LogP contribution in [-0.4, -0.2) is 51.3 Å². The van der Waals surface area contributed by atoms with Crippen molar-refractivity contribution in [2.45, 2.75) is 18.9 Å². The minimum atomic E-state index is -0.280. The molecule has 2 unspecified atom stereocenters. The zero-order valence-electron chi connectivity index (χ0n) is 10.2. The lowest BCUT2D eigenvalue weighted by atomic mass is 9.71. The SMILES string of the molecule is CNC(C1CCCN(C)C1)C1(C#N)COC1. The summed E-state index contributed by atoms with van der Waals surface area (Å²) in [6.07, 6.45) is 2.46. The third-order valence-corrected chi connectivity index (χ3v) is 3.98. The topological polar surface area (TPSA) is 48.3 Å². The molecule has 2 aliphatic rings. The van der Waals surface area contributed by atoms with E-state index in [1.54, 1.807) is 0 Å². The molecule has 0 spiro atoms. The normalized spacial score (nSPS) is 31.4. The molecule has 2 atom stereocenters. The van der Waals surface area contributed by atoms with Crippen LogP contribution in [0.1, 0.15) is 12.8 Å². The molecule has 0 bridgehead atoms. The molecule has 2 aliphatic heterocycles. The second-order valence-electron chi connectivity index (χ2n) is 5.19. The van der Waals surface area contributed by atoms with Crippen LogP contribution in [-0.2, 0) is 4.74 Å². The quantitative estimate of drug-likeness (QED) is 0.755. The summed E-state index contributed by atoms with van der Waals surface area (Å²) in [5, 5.41) is 12.7. The molecule has 4 heteroatoms. The Morgan fingerprint density at radius 3 is 2.75 bits per heavy atom. The molecule has 0 aliphatic carbocycles. The second kappa shape index (κ2) is 4.70. The smallest absolute Gasteiger partial charge is 0.119 e. The van der Waals surface area contributed by atoms with E-state index in [9.17, 15) is 5.26 Å². The van der Waals surface area contributed by atoms with Crippen molar-refractivity contribution in [3.05, 3.63) is 0 Å². The molecule has 16 heavy (non-hydrogen) atoms. The number of piperidine rings is 1. The van der Waals surface area contributed by atoms with Gasteiger partial charge in [-0.2, -0.15) is 5.26 Å². The average molecular weight is 223 g/mol. The van der Waals surface area contributed by atoms with Gasteiger partial charge in [0.15, 0.2) is 0 Å². The van der Waals surface area contributed by atoms with Gasteiger partial charge in [-0.25, -0.2) is 0 Å². The van der Waals surface area contributed by atoms with E-state index >= 15 is 0 Å². The van der Waals surface area contributed by atoms with Gasteiger partial charge in [0, 0.05) is 12.6 Å². The molecule has 2 heterocycles. The third kappa shape index (κ3) is 1.95. The van der Waals surface area contributed by atoms with E-state index < -0.39 is 0 Å². The first-order valence-corrected chi connectivity index (χ1v) is 6.06. The van der Waals surface area contributed by atoms with Crippen LogP contribution in [0.15, 0.2) is 0 Å². The predicted molar refractivity (Wildman–Crippen MR) is 61.9 cm³/mol. The molecule has 0 aromatic rings. The molecule has 2 saturated heterocycles. The van der Waals surface area contributed by atoms with E-state index in [-0.39, 0.29) is 11.5 Å². The summed E-state index contributed by atoms with van der Waals surface area (Å²) >= 11 is 0. The van der Waals surface area contributed by atoms with E-state index in [1.165, 1.54) is 19.4 Å². The van der Waals surface area contributed by atoms with Crippen LogP contribution in [0.25, 0.3) is 0 Å². The average Bonchev–Trinajstić information content (AvgIpc) is 2.23. The third-order valence-electron chi connectivity index (χ3n) is 3.98. The van der Waals surface area contributed by atoms with Crippen molar-refractivity contribution in [1.29, 1.82) is 5.26 Å². The number of hydrogen-bond acceptors (Lipinski definition) is 4. The van der Waals surface area contributed by atoms with Crippen molar-refractivity contribution in [2.24, 2.45) is 11.3 Å². The van der Waals surface area contributed by atoms with Gasteiger partial charge in [0.25, 0.3) is 0 Å². The Morgan fingerprint density at radius 1 is 1.56 bits per heavy atom. The number of hydrogen-bond donors (Lipinski definition) is 1. The molecule has 90 valence electrons. The van der Waals surface area contributed by atoms with Crippen molar-refractivity contribution >= 4 is 0 Å².